The molecule has 0 aromatic heterocycles. The fraction of sp³-hybridized carbons (Fsp3) is 0.833. The summed E-state index contributed by atoms with van der Waals surface area (Å²) in [6, 6.07) is -0.992. The van der Waals surface area contributed by atoms with Gasteiger partial charge in [0.15, 0.2) is 0 Å². The number of carbonyl (C=O) groups is 2. The van der Waals surface area contributed by atoms with Gasteiger partial charge in [-0.05, 0) is 45.1 Å². The van der Waals surface area contributed by atoms with E-state index in [0.29, 0.717) is 25.8 Å². The second kappa shape index (κ2) is 7.71. The van der Waals surface area contributed by atoms with E-state index < -0.39 is 39.2 Å². The lowest BCUT2D eigenvalue weighted by atomic mass is 10.1. The topological polar surface area (TPSA) is 147 Å². The molecule has 0 heterocycles. The first-order valence-electron chi connectivity index (χ1n) is 6.95. The second-order valence-electron chi connectivity index (χ2n) is 5.33. The Morgan fingerprint density at radius 3 is 2.43 bits per heavy atom. The monoisotopic (exact) mass is 322 g/mol. The van der Waals surface area contributed by atoms with Crippen molar-refractivity contribution in [3.8, 4) is 0 Å². The fourth-order valence-electron chi connectivity index (χ4n) is 2.49. The predicted octanol–water partition coefficient (Wildman–Crippen LogP) is -0.259. The van der Waals surface area contributed by atoms with E-state index in [1.54, 1.807) is 0 Å². The van der Waals surface area contributed by atoms with Crippen molar-refractivity contribution in [1.29, 1.82) is 0 Å². The molecular formula is C12H22N2O6S. The Balaban J connectivity index is 2.53. The van der Waals surface area contributed by atoms with Gasteiger partial charge in [-0.3, -0.25) is 9.35 Å². The summed E-state index contributed by atoms with van der Waals surface area (Å²) in [4.78, 5) is 23.1. The van der Waals surface area contributed by atoms with Gasteiger partial charge in [0, 0.05) is 5.92 Å². The summed E-state index contributed by atoms with van der Waals surface area (Å²) < 4.78 is 31.0. The molecule has 0 unspecified atom stereocenters. The van der Waals surface area contributed by atoms with E-state index in [1.807, 2.05) is 0 Å². The average molecular weight is 322 g/mol. The highest BCUT2D eigenvalue weighted by Crippen LogP contribution is 2.30. The van der Waals surface area contributed by atoms with Crippen LogP contribution in [-0.2, 0) is 19.7 Å². The Bertz CT molecular complexity index is 478. The van der Waals surface area contributed by atoms with E-state index >= 15 is 0 Å². The lowest BCUT2D eigenvalue weighted by Gasteiger charge is -2.17. The van der Waals surface area contributed by atoms with Gasteiger partial charge in [0.25, 0.3) is 10.1 Å². The zero-order valence-corrected chi connectivity index (χ0v) is 12.5. The van der Waals surface area contributed by atoms with Crippen LogP contribution in [0.1, 0.15) is 38.5 Å². The van der Waals surface area contributed by atoms with E-state index in [-0.39, 0.29) is 19.3 Å². The van der Waals surface area contributed by atoms with Crippen LogP contribution in [0.25, 0.3) is 0 Å². The summed E-state index contributed by atoms with van der Waals surface area (Å²) in [6.45, 7) is 0.457. The third-order valence-electron chi connectivity index (χ3n) is 3.74. The average Bonchev–Trinajstić information content (AvgIpc) is 2.86. The van der Waals surface area contributed by atoms with Crippen molar-refractivity contribution in [1.82, 2.24) is 5.32 Å². The molecule has 0 aromatic carbocycles. The van der Waals surface area contributed by atoms with Crippen LogP contribution in [-0.4, -0.2) is 47.8 Å². The van der Waals surface area contributed by atoms with Gasteiger partial charge in [0.1, 0.15) is 6.04 Å². The molecule has 0 spiro atoms. The molecule has 3 atom stereocenters. The maximum Gasteiger partial charge on any atom is 0.326 e. The number of nitrogens with one attached hydrogen (secondary N) is 1. The quantitative estimate of drug-likeness (QED) is 0.355. The van der Waals surface area contributed by atoms with Crippen LogP contribution in [0.5, 0.6) is 0 Å². The molecule has 0 bridgehead atoms. The van der Waals surface area contributed by atoms with Crippen LogP contribution >= 0.6 is 0 Å². The number of hydrogen-bond donors (Lipinski definition) is 4. The van der Waals surface area contributed by atoms with Gasteiger partial charge in [0.05, 0.1) is 5.25 Å². The molecule has 1 saturated carbocycles. The van der Waals surface area contributed by atoms with Crippen LogP contribution in [0.15, 0.2) is 0 Å². The SMILES string of the molecule is NCCCC[C@H](NC(=O)[C@H]1CC[C@@H](S(=O)(=O)O)C1)C(=O)O. The van der Waals surface area contributed by atoms with Crippen LogP contribution in [0.3, 0.4) is 0 Å². The van der Waals surface area contributed by atoms with Crippen LogP contribution in [0.4, 0.5) is 0 Å². The normalized spacial score (nSPS) is 23.7. The Labute approximate surface area is 123 Å². The highest BCUT2D eigenvalue weighted by atomic mass is 32.2. The molecule has 1 aliphatic carbocycles. The largest absolute Gasteiger partial charge is 0.480 e. The minimum atomic E-state index is -4.14. The Morgan fingerprint density at radius 2 is 1.95 bits per heavy atom. The van der Waals surface area contributed by atoms with Gasteiger partial charge in [-0.1, -0.05) is 0 Å². The number of aliphatic carboxylic acids is 1. The van der Waals surface area contributed by atoms with E-state index in [0.717, 1.165) is 0 Å². The molecule has 1 fully saturated rings. The first-order chi connectivity index (χ1) is 9.75. The molecule has 0 radical (unpaired) electrons. The van der Waals surface area contributed by atoms with Crippen LogP contribution in [0.2, 0.25) is 0 Å². The van der Waals surface area contributed by atoms with Crippen LogP contribution < -0.4 is 11.1 Å². The second-order valence-corrected chi connectivity index (χ2v) is 7.03. The van der Waals surface area contributed by atoms with Gasteiger partial charge >= 0.3 is 5.97 Å². The summed E-state index contributed by atoms with van der Waals surface area (Å²) in [7, 11) is -4.14. The predicted molar refractivity (Wildman–Crippen MR) is 75.1 cm³/mol. The number of carboxylic acid groups (broad SMARTS) is 1. The molecule has 0 aliphatic heterocycles. The molecule has 0 aromatic rings. The molecule has 1 amide bonds. The van der Waals surface area contributed by atoms with Gasteiger partial charge in [-0.15, -0.1) is 0 Å². The highest BCUT2D eigenvalue weighted by Gasteiger charge is 2.37. The van der Waals surface area contributed by atoms with Crippen molar-refractivity contribution in [2.45, 2.75) is 49.8 Å². The van der Waals surface area contributed by atoms with Gasteiger partial charge < -0.3 is 16.2 Å². The summed E-state index contributed by atoms with van der Waals surface area (Å²) in [6.07, 6.45) is 2.11. The number of hydrogen-bond acceptors (Lipinski definition) is 5. The molecule has 122 valence electrons. The van der Waals surface area contributed by atoms with Gasteiger partial charge in [0.2, 0.25) is 5.91 Å². The Morgan fingerprint density at radius 1 is 1.29 bits per heavy atom. The smallest absolute Gasteiger partial charge is 0.326 e. The Kier molecular flexibility index (Phi) is 6.56. The first-order valence-corrected chi connectivity index (χ1v) is 8.45. The number of carboxylic acids is 1. The number of rotatable bonds is 8. The van der Waals surface area contributed by atoms with Gasteiger partial charge in [-0.25, -0.2) is 4.79 Å². The maximum absolute atomic E-state index is 12.0. The van der Waals surface area contributed by atoms with E-state index in [4.69, 9.17) is 15.4 Å². The highest BCUT2D eigenvalue weighted by molar-refractivity contribution is 7.86. The first kappa shape index (κ1) is 17.9. The van der Waals surface area contributed by atoms with E-state index in [2.05, 4.69) is 5.32 Å². The summed E-state index contributed by atoms with van der Waals surface area (Å²) in [5.74, 6) is -2.17. The summed E-state index contributed by atoms with van der Waals surface area (Å²) in [5.41, 5.74) is 5.33. The van der Waals surface area contributed by atoms with Crippen molar-refractivity contribution < 1.29 is 27.7 Å². The maximum atomic E-state index is 12.0. The molecular weight excluding hydrogens is 300 g/mol. The van der Waals surface area contributed by atoms with Crippen molar-refractivity contribution in [2.75, 3.05) is 6.54 Å². The number of amides is 1. The molecule has 1 aliphatic rings. The summed E-state index contributed by atoms with van der Waals surface area (Å²) in [5, 5.41) is 10.6. The minimum Gasteiger partial charge on any atom is -0.480 e. The van der Waals surface area contributed by atoms with Crippen molar-refractivity contribution in [3.63, 3.8) is 0 Å². The summed E-state index contributed by atoms with van der Waals surface area (Å²) >= 11 is 0. The number of unbranched alkanes of at least 4 members (excludes halogenated alkanes) is 1. The molecule has 1 rings (SSSR count). The van der Waals surface area contributed by atoms with Crippen molar-refractivity contribution >= 4 is 22.0 Å². The molecule has 5 N–H and O–H groups in total. The van der Waals surface area contributed by atoms with Crippen LogP contribution in [0, 0.1) is 5.92 Å². The number of nitrogens with two attached hydrogens (primary N) is 1. The van der Waals surface area contributed by atoms with Crippen molar-refractivity contribution in [3.05, 3.63) is 0 Å². The number of carbonyl (C=O) groups excluding carboxylic acids is 1. The lowest BCUT2D eigenvalue weighted by molar-refractivity contribution is -0.142. The standard InChI is InChI=1S/C12H22N2O6S/c13-6-2-1-3-10(12(16)17)14-11(15)8-4-5-9(7-8)21(18,19)20/h8-10H,1-7,13H2,(H,14,15)(H,16,17)(H,18,19,20)/t8-,9+,10-/m0/s1. The van der Waals surface area contributed by atoms with Gasteiger partial charge in [-0.2, -0.15) is 8.42 Å². The molecule has 8 nitrogen and oxygen atoms in total. The lowest BCUT2D eigenvalue weighted by Crippen LogP contribution is -2.43. The van der Waals surface area contributed by atoms with Crippen molar-refractivity contribution in [2.24, 2.45) is 11.7 Å². The zero-order chi connectivity index (χ0) is 16.0. The van der Waals surface area contributed by atoms with E-state index in [1.165, 1.54) is 0 Å². The molecule has 21 heavy (non-hydrogen) atoms. The molecule has 9 heteroatoms. The molecule has 0 saturated heterocycles. The van der Waals surface area contributed by atoms with E-state index in [9.17, 15) is 18.0 Å². The Hall–Kier alpha value is -1.19. The third-order valence-corrected chi connectivity index (χ3v) is 5.01. The fourth-order valence-corrected chi connectivity index (χ4v) is 3.40. The zero-order valence-electron chi connectivity index (χ0n) is 11.7. The third kappa shape index (κ3) is 5.60. The minimum absolute atomic E-state index is 0.0276.